The van der Waals surface area contributed by atoms with E-state index in [4.69, 9.17) is 21.1 Å². The molecule has 2 aromatic carbocycles. The molecule has 2 aromatic rings. The van der Waals surface area contributed by atoms with Crippen LogP contribution in [-0.4, -0.2) is 43.5 Å². The normalized spacial score (nSPS) is 11.4. The molecule has 0 aliphatic heterocycles. The first-order valence-corrected chi connectivity index (χ1v) is 9.38. The van der Waals surface area contributed by atoms with Crippen molar-refractivity contribution in [3.8, 4) is 11.5 Å². The second kappa shape index (κ2) is 10.6. The van der Waals surface area contributed by atoms with Crippen molar-refractivity contribution in [2.24, 2.45) is 0 Å². The Hall–Kier alpha value is -2.73. The number of amides is 2. The first kappa shape index (κ1) is 21.6. The Morgan fingerprint density at radius 2 is 1.86 bits per heavy atom. The minimum atomic E-state index is -0.600. The van der Waals surface area contributed by atoms with Crippen molar-refractivity contribution in [2.45, 2.75) is 25.9 Å². The number of hydrogen-bond acceptors (Lipinski definition) is 4. The molecule has 2 rings (SSSR count). The van der Waals surface area contributed by atoms with E-state index in [1.165, 1.54) is 4.90 Å². The number of rotatable bonds is 9. The summed E-state index contributed by atoms with van der Waals surface area (Å²) in [6.07, 6.45) is 0.482. The number of methoxy groups -OCH3 is 1. The Balaban J connectivity index is 2.19. The fourth-order valence-corrected chi connectivity index (χ4v) is 2.94. The molecule has 150 valence electrons. The molecule has 0 saturated carbocycles. The Bertz CT molecular complexity index is 795. The highest BCUT2D eigenvalue weighted by atomic mass is 35.5. The van der Waals surface area contributed by atoms with Gasteiger partial charge in [-0.2, -0.15) is 0 Å². The predicted octanol–water partition coefficient (Wildman–Crippen LogP) is 3.28. The molecule has 0 heterocycles. The summed E-state index contributed by atoms with van der Waals surface area (Å²) >= 11 is 5.87. The predicted molar refractivity (Wildman–Crippen MR) is 109 cm³/mol. The van der Waals surface area contributed by atoms with Gasteiger partial charge in [0, 0.05) is 18.6 Å². The average molecular weight is 405 g/mol. The van der Waals surface area contributed by atoms with Crippen LogP contribution in [0.3, 0.4) is 0 Å². The molecule has 6 nitrogen and oxygen atoms in total. The highest BCUT2D eigenvalue weighted by Gasteiger charge is 2.28. The lowest BCUT2D eigenvalue weighted by molar-refractivity contribution is -0.142. The monoisotopic (exact) mass is 404 g/mol. The van der Waals surface area contributed by atoms with E-state index in [1.54, 1.807) is 38.4 Å². The van der Waals surface area contributed by atoms with Crippen molar-refractivity contribution >= 4 is 23.4 Å². The molecular weight excluding hydrogens is 380 g/mol. The minimum Gasteiger partial charge on any atom is -0.497 e. The molecule has 28 heavy (non-hydrogen) atoms. The number of hydrogen-bond donors (Lipinski definition) is 1. The molecule has 2 amide bonds. The lowest BCUT2D eigenvalue weighted by atomic mass is 10.1. The number of halogens is 1. The fourth-order valence-electron chi connectivity index (χ4n) is 2.81. The summed E-state index contributed by atoms with van der Waals surface area (Å²) in [7, 11) is 3.14. The van der Waals surface area contributed by atoms with Crippen molar-refractivity contribution in [1.82, 2.24) is 10.2 Å². The van der Waals surface area contributed by atoms with Crippen LogP contribution < -0.4 is 14.8 Å². The molecule has 0 aliphatic carbocycles. The van der Waals surface area contributed by atoms with Crippen LogP contribution in [0.1, 0.15) is 18.9 Å². The molecule has 0 aliphatic rings. The molecule has 0 fully saturated rings. The second-order valence-corrected chi connectivity index (χ2v) is 6.59. The van der Waals surface area contributed by atoms with E-state index >= 15 is 0 Å². The van der Waals surface area contributed by atoms with Crippen LogP contribution in [0.5, 0.6) is 11.5 Å². The maximum absolute atomic E-state index is 12.9. The summed E-state index contributed by atoms with van der Waals surface area (Å²) < 4.78 is 10.8. The molecule has 0 aromatic heterocycles. The molecule has 0 radical (unpaired) electrons. The van der Waals surface area contributed by atoms with Crippen molar-refractivity contribution in [3.63, 3.8) is 0 Å². The number of carbonyl (C=O) groups is 2. The lowest BCUT2D eigenvalue weighted by Gasteiger charge is -2.30. The Morgan fingerprint density at radius 1 is 1.14 bits per heavy atom. The Labute approximate surface area is 170 Å². The van der Waals surface area contributed by atoms with Gasteiger partial charge in [-0.1, -0.05) is 30.7 Å². The molecular formula is C21H25ClN2O4. The zero-order chi connectivity index (χ0) is 20.5. The maximum atomic E-state index is 12.9. The van der Waals surface area contributed by atoms with Crippen LogP contribution in [0.25, 0.3) is 0 Å². The molecule has 1 N–H and O–H groups in total. The van der Waals surface area contributed by atoms with Gasteiger partial charge in [-0.25, -0.2) is 0 Å². The van der Waals surface area contributed by atoms with Gasteiger partial charge in [-0.15, -0.1) is 0 Å². The van der Waals surface area contributed by atoms with Gasteiger partial charge in [0.25, 0.3) is 5.91 Å². The number of nitrogens with one attached hydrogen (secondary N) is 1. The van der Waals surface area contributed by atoms with Crippen molar-refractivity contribution < 1.29 is 19.1 Å². The summed E-state index contributed by atoms with van der Waals surface area (Å²) in [4.78, 5) is 26.8. The van der Waals surface area contributed by atoms with Crippen LogP contribution in [0.4, 0.5) is 0 Å². The average Bonchev–Trinajstić information content (AvgIpc) is 2.72. The number of benzene rings is 2. The highest BCUT2D eigenvalue weighted by molar-refractivity contribution is 6.30. The van der Waals surface area contributed by atoms with Crippen molar-refractivity contribution in [2.75, 3.05) is 20.8 Å². The Morgan fingerprint density at radius 3 is 2.46 bits per heavy atom. The first-order chi connectivity index (χ1) is 13.5. The fraction of sp³-hybridized carbons (Fsp3) is 0.333. The van der Waals surface area contributed by atoms with Crippen LogP contribution in [0, 0.1) is 0 Å². The van der Waals surface area contributed by atoms with E-state index in [-0.39, 0.29) is 25.0 Å². The summed E-state index contributed by atoms with van der Waals surface area (Å²) in [6.45, 7) is 1.96. The van der Waals surface area contributed by atoms with Gasteiger partial charge in [-0.3, -0.25) is 9.59 Å². The lowest BCUT2D eigenvalue weighted by Crippen LogP contribution is -2.49. The van der Waals surface area contributed by atoms with Crippen LogP contribution in [0.2, 0.25) is 5.02 Å². The summed E-state index contributed by atoms with van der Waals surface area (Å²) in [5.41, 5.74) is 0.863. The number of likely N-dealkylation sites (N-methyl/N-ethyl adjacent to an activating group) is 1. The minimum absolute atomic E-state index is 0.181. The summed E-state index contributed by atoms with van der Waals surface area (Å²) in [5.74, 6) is 0.723. The molecule has 1 atom stereocenters. The van der Waals surface area contributed by atoms with Gasteiger partial charge in [-0.05, 0) is 48.4 Å². The smallest absolute Gasteiger partial charge is 0.261 e. The molecule has 0 bridgehead atoms. The number of carbonyl (C=O) groups excluding carboxylic acids is 2. The van der Waals surface area contributed by atoms with E-state index in [9.17, 15) is 9.59 Å². The van der Waals surface area contributed by atoms with Gasteiger partial charge >= 0.3 is 0 Å². The van der Waals surface area contributed by atoms with Gasteiger partial charge in [0.2, 0.25) is 5.91 Å². The van der Waals surface area contributed by atoms with E-state index in [1.807, 2.05) is 31.2 Å². The Kier molecular flexibility index (Phi) is 8.14. The first-order valence-electron chi connectivity index (χ1n) is 9.00. The van der Waals surface area contributed by atoms with E-state index in [0.717, 1.165) is 5.56 Å². The van der Waals surface area contributed by atoms with Crippen LogP contribution >= 0.6 is 11.6 Å². The van der Waals surface area contributed by atoms with Gasteiger partial charge < -0.3 is 19.7 Å². The third-order valence-corrected chi connectivity index (χ3v) is 4.55. The third kappa shape index (κ3) is 5.89. The van der Waals surface area contributed by atoms with Gasteiger partial charge in [0.05, 0.1) is 7.11 Å². The quantitative estimate of drug-likeness (QED) is 0.696. The summed E-state index contributed by atoms with van der Waals surface area (Å²) in [6, 6.07) is 13.6. The standard InChI is InChI=1S/C21H25ClN2O4/c1-4-19(21(26)23-2)24(13-15-6-5-7-18(12-15)27-3)20(25)14-28-17-10-8-16(22)9-11-17/h5-12,19H,4,13-14H2,1-3H3,(H,23,26)/t19-/m1/s1. The van der Waals surface area contributed by atoms with E-state index in [2.05, 4.69) is 5.32 Å². The molecule has 0 spiro atoms. The number of nitrogens with zero attached hydrogens (tertiary/aromatic N) is 1. The summed E-state index contributed by atoms with van der Waals surface area (Å²) in [5, 5.41) is 3.21. The largest absolute Gasteiger partial charge is 0.497 e. The zero-order valence-electron chi connectivity index (χ0n) is 16.3. The highest BCUT2D eigenvalue weighted by Crippen LogP contribution is 2.19. The molecule has 0 unspecified atom stereocenters. The zero-order valence-corrected chi connectivity index (χ0v) is 17.0. The van der Waals surface area contributed by atoms with Crippen molar-refractivity contribution in [1.29, 1.82) is 0 Å². The van der Waals surface area contributed by atoms with E-state index < -0.39 is 6.04 Å². The number of ether oxygens (including phenoxy) is 2. The molecule has 0 saturated heterocycles. The third-order valence-electron chi connectivity index (χ3n) is 4.30. The van der Waals surface area contributed by atoms with Gasteiger partial charge in [0.15, 0.2) is 6.61 Å². The maximum Gasteiger partial charge on any atom is 0.261 e. The van der Waals surface area contributed by atoms with Crippen LogP contribution in [-0.2, 0) is 16.1 Å². The topological polar surface area (TPSA) is 67.9 Å². The SMILES string of the molecule is CC[C@H](C(=O)NC)N(Cc1cccc(OC)c1)C(=O)COc1ccc(Cl)cc1. The van der Waals surface area contributed by atoms with Gasteiger partial charge in [0.1, 0.15) is 17.5 Å². The van der Waals surface area contributed by atoms with Crippen molar-refractivity contribution in [3.05, 3.63) is 59.1 Å². The molecule has 7 heteroatoms. The van der Waals surface area contributed by atoms with Crippen LogP contribution in [0.15, 0.2) is 48.5 Å². The van der Waals surface area contributed by atoms with E-state index in [0.29, 0.717) is 22.9 Å². The second-order valence-electron chi connectivity index (χ2n) is 6.15.